The molecule has 19 heavy (non-hydrogen) atoms. The summed E-state index contributed by atoms with van der Waals surface area (Å²) in [6.07, 6.45) is 6.77. The second kappa shape index (κ2) is 8.03. The zero-order valence-electron chi connectivity index (χ0n) is 11.7. The SMILES string of the molecule is CCNC1CCCCCC1OCc1cccc(Br)c1. The van der Waals surface area contributed by atoms with Crippen LogP contribution in [0.4, 0.5) is 0 Å². The number of benzene rings is 1. The molecule has 0 aliphatic heterocycles. The van der Waals surface area contributed by atoms with Crippen LogP contribution in [-0.4, -0.2) is 18.7 Å². The van der Waals surface area contributed by atoms with Gasteiger partial charge in [0.05, 0.1) is 12.7 Å². The van der Waals surface area contributed by atoms with Crippen molar-refractivity contribution in [2.45, 2.75) is 57.8 Å². The second-order valence-corrected chi connectivity index (χ2v) is 6.20. The highest BCUT2D eigenvalue weighted by Gasteiger charge is 2.23. The zero-order chi connectivity index (χ0) is 13.5. The van der Waals surface area contributed by atoms with Crippen LogP contribution in [0.25, 0.3) is 0 Å². The summed E-state index contributed by atoms with van der Waals surface area (Å²) in [6, 6.07) is 8.91. The van der Waals surface area contributed by atoms with Gasteiger partial charge in [-0.2, -0.15) is 0 Å². The highest BCUT2D eigenvalue weighted by Crippen LogP contribution is 2.22. The van der Waals surface area contributed by atoms with Crippen molar-refractivity contribution in [3.8, 4) is 0 Å². The summed E-state index contributed by atoms with van der Waals surface area (Å²) in [7, 11) is 0. The molecular weight excluding hydrogens is 302 g/mol. The van der Waals surface area contributed by atoms with E-state index in [2.05, 4.69) is 52.4 Å². The molecular formula is C16H24BrNO. The molecule has 0 amide bonds. The molecule has 1 saturated carbocycles. The maximum atomic E-state index is 6.19. The van der Waals surface area contributed by atoms with Crippen LogP contribution in [0.5, 0.6) is 0 Å². The average molecular weight is 326 g/mol. The predicted octanol–water partition coefficient (Wildman–Crippen LogP) is 4.28. The third-order valence-corrected chi connectivity index (χ3v) is 4.27. The van der Waals surface area contributed by atoms with Gasteiger partial charge in [0, 0.05) is 10.5 Å². The topological polar surface area (TPSA) is 21.3 Å². The van der Waals surface area contributed by atoms with E-state index < -0.39 is 0 Å². The van der Waals surface area contributed by atoms with E-state index in [0.29, 0.717) is 18.8 Å². The molecule has 0 radical (unpaired) electrons. The van der Waals surface area contributed by atoms with Gasteiger partial charge in [0.25, 0.3) is 0 Å². The summed E-state index contributed by atoms with van der Waals surface area (Å²) < 4.78 is 7.31. The molecule has 1 aliphatic carbocycles. The van der Waals surface area contributed by atoms with Crippen molar-refractivity contribution in [1.29, 1.82) is 0 Å². The first-order valence-corrected chi connectivity index (χ1v) is 8.18. The summed E-state index contributed by atoms with van der Waals surface area (Å²) in [5, 5.41) is 3.59. The van der Waals surface area contributed by atoms with E-state index in [-0.39, 0.29) is 0 Å². The Balaban J connectivity index is 1.91. The monoisotopic (exact) mass is 325 g/mol. The molecule has 0 saturated heterocycles. The van der Waals surface area contributed by atoms with Crippen LogP contribution >= 0.6 is 15.9 Å². The Morgan fingerprint density at radius 1 is 1.26 bits per heavy atom. The van der Waals surface area contributed by atoms with E-state index in [1.54, 1.807) is 0 Å². The Morgan fingerprint density at radius 2 is 2.11 bits per heavy atom. The Bertz CT molecular complexity index is 383. The maximum absolute atomic E-state index is 6.19. The van der Waals surface area contributed by atoms with Crippen LogP contribution in [-0.2, 0) is 11.3 Å². The van der Waals surface area contributed by atoms with Gasteiger partial charge in [0.2, 0.25) is 0 Å². The maximum Gasteiger partial charge on any atom is 0.0732 e. The van der Waals surface area contributed by atoms with Crippen LogP contribution in [0.1, 0.15) is 44.6 Å². The van der Waals surface area contributed by atoms with Crippen LogP contribution in [0.2, 0.25) is 0 Å². The smallest absolute Gasteiger partial charge is 0.0732 e. The lowest BCUT2D eigenvalue weighted by Gasteiger charge is -2.26. The van der Waals surface area contributed by atoms with Gasteiger partial charge < -0.3 is 10.1 Å². The van der Waals surface area contributed by atoms with Gasteiger partial charge >= 0.3 is 0 Å². The molecule has 2 atom stereocenters. The molecule has 0 aromatic heterocycles. The van der Waals surface area contributed by atoms with Crippen molar-refractivity contribution in [2.24, 2.45) is 0 Å². The van der Waals surface area contributed by atoms with E-state index in [0.717, 1.165) is 11.0 Å². The minimum atomic E-state index is 0.362. The number of hydrogen-bond acceptors (Lipinski definition) is 2. The second-order valence-electron chi connectivity index (χ2n) is 5.28. The van der Waals surface area contributed by atoms with Crippen molar-refractivity contribution >= 4 is 15.9 Å². The summed E-state index contributed by atoms with van der Waals surface area (Å²) in [5.74, 6) is 0. The van der Waals surface area contributed by atoms with Crippen LogP contribution < -0.4 is 5.32 Å². The lowest BCUT2D eigenvalue weighted by Crippen LogP contribution is -2.40. The quantitative estimate of drug-likeness (QED) is 0.816. The Hall–Kier alpha value is -0.380. The minimum Gasteiger partial charge on any atom is -0.372 e. The highest BCUT2D eigenvalue weighted by atomic mass is 79.9. The normalized spacial score (nSPS) is 24.1. The molecule has 1 fully saturated rings. The molecule has 3 heteroatoms. The van der Waals surface area contributed by atoms with Crippen molar-refractivity contribution in [1.82, 2.24) is 5.32 Å². The predicted molar refractivity (Wildman–Crippen MR) is 83.3 cm³/mol. The molecule has 0 bridgehead atoms. The number of rotatable bonds is 5. The van der Waals surface area contributed by atoms with E-state index in [4.69, 9.17) is 4.74 Å². The van der Waals surface area contributed by atoms with E-state index >= 15 is 0 Å². The van der Waals surface area contributed by atoms with Crippen LogP contribution in [0, 0.1) is 0 Å². The highest BCUT2D eigenvalue weighted by molar-refractivity contribution is 9.10. The number of hydrogen-bond donors (Lipinski definition) is 1. The van der Waals surface area contributed by atoms with Gasteiger partial charge in [0.15, 0.2) is 0 Å². The average Bonchev–Trinajstić information content (AvgIpc) is 2.62. The number of ether oxygens (including phenoxy) is 1. The van der Waals surface area contributed by atoms with Gasteiger partial charge in [-0.15, -0.1) is 0 Å². The number of likely N-dealkylation sites (N-methyl/N-ethyl adjacent to an activating group) is 1. The molecule has 2 unspecified atom stereocenters. The lowest BCUT2D eigenvalue weighted by molar-refractivity contribution is 0.0110. The van der Waals surface area contributed by atoms with Gasteiger partial charge in [-0.25, -0.2) is 0 Å². The first-order chi connectivity index (χ1) is 9.29. The molecule has 2 rings (SSSR count). The third-order valence-electron chi connectivity index (χ3n) is 3.77. The molecule has 1 aliphatic rings. The number of nitrogens with one attached hydrogen (secondary N) is 1. The first-order valence-electron chi connectivity index (χ1n) is 7.39. The van der Waals surface area contributed by atoms with E-state index in [1.807, 2.05) is 0 Å². The minimum absolute atomic E-state index is 0.362. The third kappa shape index (κ3) is 4.90. The lowest BCUT2D eigenvalue weighted by atomic mass is 10.1. The van der Waals surface area contributed by atoms with Gasteiger partial charge in [-0.3, -0.25) is 0 Å². The summed E-state index contributed by atoms with van der Waals surface area (Å²) in [5.41, 5.74) is 1.24. The fourth-order valence-corrected chi connectivity index (χ4v) is 3.25. The fraction of sp³-hybridized carbons (Fsp3) is 0.625. The van der Waals surface area contributed by atoms with Crippen molar-refractivity contribution in [2.75, 3.05) is 6.54 Å². The van der Waals surface area contributed by atoms with Crippen LogP contribution in [0.3, 0.4) is 0 Å². The molecule has 1 aromatic rings. The van der Waals surface area contributed by atoms with E-state index in [1.165, 1.54) is 37.7 Å². The van der Waals surface area contributed by atoms with Crippen molar-refractivity contribution in [3.05, 3.63) is 34.3 Å². The Labute approximate surface area is 125 Å². The summed E-state index contributed by atoms with van der Waals surface area (Å²) >= 11 is 3.51. The summed E-state index contributed by atoms with van der Waals surface area (Å²) in [4.78, 5) is 0. The van der Waals surface area contributed by atoms with Gasteiger partial charge in [0.1, 0.15) is 0 Å². The summed E-state index contributed by atoms with van der Waals surface area (Å²) in [6.45, 7) is 3.92. The van der Waals surface area contributed by atoms with Crippen molar-refractivity contribution in [3.63, 3.8) is 0 Å². The van der Waals surface area contributed by atoms with E-state index in [9.17, 15) is 0 Å². The Kier molecular flexibility index (Phi) is 6.35. The Morgan fingerprint density at radius 3 is 2.89 bits per heavy atom. The number of halogens is 1. The molecule has 1 N–H and O–H groups in total. The zero-order valence-corrected chi connectivity index (χ0v) is 13.3. The van der Waals surface area contributed by atoms with Gasteiger partial charge in [-0.05, 0) is 37.1 Å². The fourth-order valence-electron chi connectivity index (χ4n) is 2.80. The molecule has 0 spiro atoms. The largest absolute Gasteiger partial charge is 0.372 e. The standard InChI is InChI=1S/C16H24BrNO/c1-2-18-15-9-4-3-5-10-16(15)19-12-13-7-6-8-14(17)11-13/h6-8,11,15-16,18H,2-5,9-10,12H2,1H3. The van der Waals surface area contributed by atoms with Crippen LogP contribution in [0.15, 0.2) is 28.7 Å². The first kappa shape index (κ1) is 15.0. The van der Waals surface area contributed by atoms with Crippen molar-refractivity contribution < 1.29 is 4.74 Å². The molecule has 2 nitrogen and oxygen atoms in total. The molecule has 106 valence electrons. The molecule has 0 heterocycles. The van der Waals surface area contributed by atoms with Gasteiger partial charge in [-0.1, -0.05) is 54.2 Å². The molecule has 1 aromatic carbocycles.